The van der Waals surface area contributed by atoms with Crippen molar-refractivity contribution in [3.8, 4) is 0 Å². The van der Waals surface area contributed by atoms with Crippen molar-refractivity contribution in [2.45, 2.75) is 25.3 Å². The van der Waals surface area contributed by atoms with Crippen LogP contribution in [0.2, 0.25) is 0 Å². The first kappa shape index (κ1) is 17.7. The van der Waals surface area contributed by atoms with Crippen molar-refractivity contribution in [3.63, 3.8) is 0 Å². The topological polar surface area (TPSA) is 95.5 Å². The van der Waals surface area contributed by atoms with Gasteiger partial charge in [0, 0.05) is 16.8 Å². The standard InChI is InChI=1S/C20H20N2O4/c23-18(21-16-4-2-1-3-5-16)14-8-10-15(11-9-14)19(24)22-17(20(25)26)12-13-6-7-13/h1-5,8-11,13,17H,6-7,12H2,(H,21,23)(H,22,24)(H,25,26). The van der Waals surface area contributed by atoms with Crippen LogP contribution in [0.3, 0.4) is 0 Å². The predicted octanol–water partition coefficient (Wildman–Crippen LogP) is 2.92. The van der Waals surface area contributed by atoms with Gasteiger partial charge in [-0.2, -0.15) is 0 Å². The van der Waals surface area contributed by atoms with Gasteiger partial charge in [-0.25, -0.2) is 4.79 Å². The maximum Gasteiger partial charge on any atom is 0.326 e. The van der Waals surface area contributed by atoms with E-state index in [-0.39, 0.29) is 5.91 Å². The van der Waals surface area contributed by atoms with Gasteiger partial charge < -0.3 is 15.7 Å². The van der Waals surface area contributed by atoms with E-state index in [0.29, 0.717) is 29.2 Å². The third-order valence-corrected chi connectivity index (χ3v) is 4.31. The van der Waals surface area contributed by atoms with Gasteiger partial charge in [-0.05, 0) is 48.7 Å². The molecule has 0 heterocycles. The lowest BCUT2D eigenvalue weighted by Crippen LogP contribution is -2.41. The minimum atomic E-state index is -1.02. The molecule has 134 valence electrons. The number of anilines is 1. The van der Waals surface area contributed by atoms with E-state index in [0.717, 1.165) is 12.8 Å². The van der Waals surface area contributed by atoms with Gasteiger partial charge >= 0.3 is 5.97 Å². The molecule has 1 saturated carbocycles. The summed E-state index contributed by atoms with van der Waals surface area (Å²) >= 11 is 0. The fourth-order valence-electron chi connectivity index (χ4n) is 2.65. The second-order valence-electron chi connectivity index (χ2n) is 6.44. The number of benzene rings is 2. The number of carbonyl (C=O) groups excluding carboxylic acids is 2. The highest BCUT2D eigenvalue weighted by Crippen LogP contribution is 2.33. The molecule has 2 aromatic rings. The minimum absolute atomic E-state index is 0.277. The third-order valence-electron chi connectivity index (χ3n) is 4.31. The second-order valence-corrected chi connectivity index (χ2v) is 6.44. The Balaban J connectivity index is 1.61. The van der Waals surface area contributed by atoms with Crippen LogP contribution in [-0.2, 0) is 4.79 Å². The molecule has 1 aliphatic rings. The Morgan fingerprint density at radius 3 is 2.04 bits per heavy atom. The van der Waals surface area contributed by atoms with E-state index < -0.39 is 17.9 Å². The number of para-hydroxylation sites is 1. The Morgan fingerprint density at radius 1 is 0.923 bits per heavy atom. The lowest BCUT2D eigenvalue weighted by atomic mass is 10.1. The van der Waals surface area contributed by atoms with Crippen LogP contribution >= 0.6 is 0 Å². The van der Waals surface area contributed by atoms with Crippen LogP contribution in [0.4, 0.5) is 5.69 Å². The number of carbonyl (C=O) groups is 3. The predicted molar refractivity (Wildman–Crippen MR) is 97.1 cm³/mol. The van der Waals surface area contributed by atoms with Crippen LogP contribution in [0, 0.1) is 5.92 Å². The van der Waals surface area contributed by atoms with Crippen molar-refractivity contribution in [1.29, 1.82) is 0 Å². The van der Waals surface area contributed by atoms with Crippen molar-refractivity contribution in [2.24, 2.45) is 5.92 Å². The fraction of sp³-hybridized carbons (Fsp3) is 0.250. The number of nitrogens with one attached hydrogen (secondary N) is 2. The molecule has 0 bridgehead atoms. The first-order valence-electron chi connectivity index (χ1n) is 8.53. The number of hydrogen-bond donors (Lipinski definition) is 3. The SMILES string of the molecule is O=C(Nc1ccccc1)c1ccc(C(=O)NC(CC2CC2)C(=O)O)cc1. The highest BCUT2D eigenvalue weighted by molar-refractivity contribution is 6.05. The van der Waals surface area contributed by atoms with E-state index in [9.17, 15) is 19.5 Å². The summed E-state index contributed by atoms with van der Waals surface area (Å²) in [5.74, 6) is -1.36. The van der Waals surface area contributed by atoms with Gasteiger partial charge in [-0.1, -0.05) is 31.0 Å². The van der Waals surface area contributed by atoms with E-state index in [2.05, 4.69) is 10.6 Å². The quantitative estimate of drug-likeness (QED) is 0.714. The number of aliphatic carboxylic acids is 1. The molecule has 3 rings (SSSR count). The van der Waals surface area contributed by atoms with Gasteiger partial charge in [0.25, 0.3) is 11.8 Å². The summed E-state index contributed by atoms with van der Waals surface area (Å²) in [6.07, 6.45) is 2.49. The summed E-state index contributed by atoms with van der Waals surface area (Å²) < 4.78 is 0. The molecule has 2 aromatic carbocycles. The molecule has 0 aromatic heterocycles. The molecule has 0 spiro atoms. The summed E-state index contributed by atoms with van der Waals surface area (Å²) in [6.45, 7) is 0. The number of rotatable bonds is 7. The number of carboxylic acids is 1. The Hall–Kier alpha value is -3.15. The van der Waals surface area contributed by atoms with Crippen LogP contribution in [0.1, 0.15) is 40.0 Å². The van der Waals surface area contributed by atoms with Crippen LogP contribution in [0.5, 0.6) is 0 Å². The second kappa shape index (κ2) is 7.82. The van der Waals surface area contributed by atoms with Crippen LogP contribution in [0.15, 0.2) is 54.6 Å². The lowest BCUT2D eigenvalue weighted by molar-refractivity contribution is -0.139. The molecule has 0 aliphatic heterocycles. The Bertz CT molecular complexity index is 798. The maximum absolute atomic E-state index is 12.3. The minimum Gasteiger partial charge on any atom is -0.480 e. The Labute approximate surface area is 151 Å². The molecule has 0 radical (unpaired) electrons. The smallest absolute Gasteiger partial charge is 0.326 e. The first-order chi connectivity index (χ1) is 12.5. The fourth-order valence-corrected chi connectivity index (χ4v) is 2.65. The van der Waals surface area contributed by atoms with Crippen molar-refractivity contribution in [1.82, 2.24) is 5.32 Å². The van der Waals surface area contributed by atoms with Gasteiger partial charge in [0.2, 0.25) is 0 Å². The van der Waals surface area contributed by atoms with Crippen molar-refractivity contribution in [2.75, 3.05) is 5.32 Å². The lowest BCUT2D eigenvalue weighted by Gasteiger charge is -2.14. The maximum atomic E-state index is 12.3. The summed E-state index contributed by atoms with van der Waals surface area (Å²) in [7, 11) is 0. The monoisotopic (exact) mass is 352 g/mol. The molecule has 0 saturated heterocycles. The van der Waals surface area contributed by atoms with E-state index in [1.165, 1.54) is 12.1 Å². The van der Waals surface area contributed by atoms with Crippen LogP contribution in [0.25, 0.3) is 0 Å². The van der Waals surface area contributed by atoms with Crippen molar-refractivity contribution in [3.05, 3.63) is 65.7 Å². The average Bonchev–Trinajstić information content (AvgIpc) is 3.46. The summed E-state index contributed by atoms with van der Waals surface area (Å²) in [5.41, 5.74) is 1.42. The van der Waals surface area contributed by atoms with Crippen molar-refractivity contribution < 1.29 is 19.5 Å². The van der Waals surface area contributed by atoms with Gasteiger partial charge in [0.1, 0.15) is 6.04 Å². The Morgan fingerprint density at radius 2 is 1.50 bits per heavy atom. The van der Waals surface area contributed by atoms with Gasteiger partial charge in [-0.3, -0.25) is 9.59 Å². The van der Waals surface area contributed by atoms with Crippen molar-refractivity contribution >= 4 is 23.5 Å². The van der Waals surface area contributed by atoms with E-state index in [1.54, 1.807) is 24.3 Å². The molecule has 2 amide bonds. The Kier molecular flexibility index (Phi) is 5.31. The molecular weight excluding hydrogens is 332 g/mol. The van der Waals surface area contributed by atoms with Crippen LogP contribution < -0.4 is 10.6 Å². The number of hydrogen-bond acceptors (Lipinski definition) is 3. The molecule has 26 heavy (non-hydrogen) atoms. The molecule has 1 unspecified atom stereocenters. The van der Waals surface area contributed by atoms with E-state index >= 15 is 0 Å². The molecule has 6 nitrogen and oxygen atoms in total. The van der Waals surface area contributed by atoms with E-state index in [4.69, 9.17) is 0 Å². The van der Waals surface area contributed by atoms with Gasteiger partial charge in [0.15, 0.2) is 0 Å². The molecule has 3 N–H and O–H groups in total. The van der Waals surface area contributed by atoms with Crippen LogP contribution in [-0.4, -0.2) is 28.9 Å². The molecule has 1 atom stereocenters. The first-order valence-corrected chi connectivity index (χ1v) is 8.53. The molecular formula is C20H20N2O4. The van der Waals surface area contributed by atoms with E-state index in [1.807, 2.05) is 18.2 Å². The highest BCUT2D eigenvalue weighted by Gasteiger charge is 2.30. The zero-order valence-electron chi connectivity index (χ0n) is 14.1. The molecule has 6 heteroatoms. The third kappa shape index (κ3) is 4.69. The summed E-state index contributed by atoms with van der Waals surface area (Å²) in [5, 5.41) is 14.6. The van der Waals surface area contributed by atoms with Gasteiger partial charge in [-0.15, -0.1) is 0 Å². The average molecular weight is 352 g/mol. The summed E-state index contributed by atoms with van der Waals surface area (Å²) in [4.78, 5) is 35.7. The summed E-state index contributed by atoms with van der Waals surface area (Å²) in [6, 6.07) is 14.3. The van der Waals surface area contributed by atoms with Gasteiger partial charge in [0.05, 0.1) is 0 Å². The highest BCUT2D eigenvalue weighted by atomic mass is 16.4. The normalized spacial score (nSPS) is 14.3. The molecule has 1 aliphatic carbocycles. The number of amides is 2. The zero-order valence-corrected chi connectivity index (χ0v) is 14.1. The number of carboxylic acid groups (broad SMARTS) is 1. The largest absolute Gasteiger partial charge is 0.480 e. The molecule has 1 fully saturated rings. The zero-order chi connectivity index (χ0) is 18.5.